The molecule has 2 unspecified atom stereocenters. The lowest BCUT2D eigenvalue weighted by atomic mass is 10.2. The van der Waals surface area contributed by atoms with Gasteiger partial charge in [0.1, 0.15) is 6.79 Å². The van der Waals surface area contributed by atoms with E-state index in [2.05, 4.69) is 10.2 Å². The summed E-state index contributed by atoms with van der Waals surface area (Å²) in [5.74, 6) is 0. The number of hydrogen-bond acceptors (Lipinski definition) is 4. The molecule has 2 heterocycles. The summed E-state index contributed by atoms with van der Waals surface area (Å²) in [5, 5.41) is 3.64. The standard InChI is InChI=1S/C12H22N2O2/c1-2-11(1)14-5-3-10(8-14)13-7-12-4-6-15-9-16-12/h10-13H,1-9H2. The number of ether oxygens (including phenoxy) is 2. The summed E-state index contributed by atoms with van der Waals surface area (Å²) in [6.45, 7) is 4.85. The van der Waals surface area contributed by atoms with E-state index in [1.807, 2.05) is 0 Å². The molecule has 2 aliphatic heterocycles. The summed E-state index contributed by atoms with van der Waals surface area (Å²) < 4.78 is 10.7. The first-order valence-electron chi connectivity index (χ1n) is 6.58. The second kappa shape index (κ2) is 5.00. The Morgan fingerprint density at radius 2 is 2.12 bits per heavy atom. The maximum atomic E-state index is 5.53. The SMILES string of the molecule is C1CC(CNC2CCN(C3CC3)C2)OCO1. The van der Waals surface area contributed by atoms with Crippen LogP contribution in [0.4, 0.5) is 0 Å². The van der Waals surface area contributed by atoms with E-state index in [1.54, 1.807) is 0 Å². The molecule has 0 aromatic carbocycles. The zero-order valence-corrected chi connectivity index (χ0v) is 9.86. The molecule has 3 aliphatic rings. The fourth-order valence-electron chi connectivity index (χ4n) is 2.69. The van der Waals surface area contributed by atoms with Gasteiger partial charge in [0.15, 0.2) is 0 Å². The van der Waals surface area contributed by atoms with Crippen molar-refractivity contribution in [2.45, 2.75) is 43.9 Å². The molecule has 1 saturated carbocycles. The molecular weight excluding hydrogens is 204 g/mol. The third-order valence-corrected chi connectivity index (χ3v) is 3.89. The van der Waals surface area contributed by atoms with Crippen molar-refractivity contribution in [3.05, 3.63) is 0 Å². The van der Waals surface area contributed by atoms with Gasteiger partial charge in [0.05, 0.1) is 12.7 Å². The van der Waals surface area contributed by atoms with Gasteiger partial charge in [0.2, 0.25) is 0 Å². The van der Waals surface area contributed by atoms with Gasteiger partial charge in [-0.2, -0.15) is 0 Å². The van der Waals surface area contributed by atoms with E-state index in [1.165, 1.54) is 32.4 Å². The van der Waals surface area contributed by atoms with Crippen molar-refractivity contribution in [3.8, 4) is 0 Å². The van der Waals surface area contributed by atoms with Crippen LogP contribution in [0.1, 0.15) is 25.7 Å². The zero-order chi connectivity index (χ0) is 10.8. The van der Waals surface area contributed by atoms with Crippen LogP contribution in [0, 0.1) is 0 Å². The van der Waals surface area contributed by atoms with E-state index in [4.69, 9.17) is 9.47 Å². The molecule has 0 radical (unpaired) electrons. The fraction of sp³-hybridized carbons (Fsp3) is 1.00. The minimum atomic E-state index is 0.365. The lowest BCUT2D eigenvalue weighted by Gasteiger charge is -2.24. The third kappa shape index (κ3) is 2.74. The third-order valence-electron chi connectivity index (χ3n) is 3.89. The Morgan fingerprint density at radius 1 is 1.19 bits per heavy atom. The minimum absolute atomic E-state index is 0.365. The Bertz CT molecular complexity index is 227. The van der Waals surface area contributed by atoms with Gasteiger partial charge in [0.25, 0.3) is 0 Å². The second-order valence-corrected chi connectivity index (χ2v) is 5.22. The average molecular weight is 226 g/mol. The highest BCUT2D eigenvalue weighted by atomic mass is 16.7. The number of hydrogen-bond donors (Lipinski definition) is 1. The first kappa shape index (κ1) is 11.0. The van der Waals surface area contributed by atoms with Crippen LogP contribution in [-0.4, -0.2) is 56.1 Å². The van der Waals surface area contributed by atoms with Crippen molar-refractivity contribution in [1.82, 2.24) is 10.2 Å². The first-order chi connectivity index (χ1) is 7.92. The summed E-state index contributed by atoms with van der Waals surface area (Å²) in [6.07, 6.45) is 5.56. The minimum Gasteiger partial charge on any atom is -0.355 e. The molecule has 2 atom stereocenters. The van der Waals surface area contributed by atoms with Crippen LogP contribution in [0.15, 0.2) is 0 Å². The molecule has 0 amide bonds. The van der Waals surface area contributed by atoms with Gasteiger partial charge in [0, 0.05) is 31.7 Å². The molecular formula is C12H22N2O2. The smallest absolute Gasteiger partial charge is 0.147 e. The molecule has 1 aliphatic carbocycles. The second-order valence-electron chi connectivity index (χ2n) is 5.22. The van der Waals surface area contributed by atoms with Gasteiger partial charge in [-0.15, -0.1) is 0 Å². The maximum absolute atomic E-state index is 5.53. The maximum Gasteiger partial charge on any atom is 0.147 e. The average Bonchev–Trinajstić information content (AvgIpc) is 3.08. The van der Waals surface area contributed by atoms with E-state index < -0.39 is 0 Å². The Labute approximate surface area is 97.3 Å². The molecule has 3 rings (SSSR count). The molecule has 92 valence electrons. The van der Waals surface area contributed by atoms with Crippen LogP contribution < -0.4 is 5.32 Å². The monoisotopic (exact) mass is 226 g/mol. The van der Waals surface area contributed by atoms with Crippen molar-refractivity contribution in [3.63, 3.8) is 0 Å². The van der Waals surface area contributed by atoms with Crippen molar-refractivity contribution < 1.29 is 9.47 Å². The van der Waals surface area contributed by atoms with Crippen LogP contribution in [0.25, 0.3) is 0 Å². The summed E-state index contributed by atoms with van der Waals surface area (Å²) in [6, 6.07) is 1.61. The van der Waals surface area contributed by atoms with Gasteiger partial charge in [-0.1, -0.05) is 0 Å². The highest BCUT2D eigenvalue weighted by Crippen LogP contribution is 2.29. The number of nitrogens with zero attached hydrogens (tertiary/aromatic N) is 1. The molecule has 16 heavy (non-hydrogen) atoms. The first-order valence-corrected chi connectivity index (χ1v) is 6.58. The molecule has 0 spiro atoms. The Hall–Kier alpha value is -0.160. The largest absolute Gasteiger partial charge is 0.355 e. The number of nitrogens with one attached hydrogen (secondary N) is 1. The Balaban J connectivity index is 1.35. The van der Waals surface area contributed by atoms with E-state index >= 15 is 0 Å². The predicted octanol–water partition coefficient (Wildman–Crippen LogP) is 0.576. The van der Waals surface area contributed by atoms with E-state index in [-0.39, 0.29) is 0 Å². The highest BCUT2D eigenvalue weighted by molar-refractivity contribution is 4.92. The van der Waals surface area contributed by atoms with Crippen LogP contribution in [0.2, 0.25) is 0 Å². The van der Waals surface area contributed by atoms with E-state index in [9.17, 15) is 0 Å². The van der Waals surface area contributed by atoms with Crippen LogP contribution in [0.5, 0.6) is 0 Å². The lowest BCUT2D eigenvalue weighted by molar-refractivity contribution is -0.137. The zero-order valence-electron chi connectivity index (χ0n) is 9.86. The predicted molar refractivity (Wildman–Crippen MR) is 61.3 cm³/mol. The van der Waals surface area contributed by atoms with Gasteiger partial charge in [-0.3, -0.25) is 4.90 Å². The van der Waals surface area contributed by atoms with Gasteiger partial charge in [-0.05, 0) is 25.7 Å². The molecule has 2 saturated heterocycles. The van der Waals surface area contributed by atoms with Crippen LogP contribution in [0.3, 0.4) is 0 Å². The summed E-state index contributed by atoms with van der Waals surface area (Å²) in [5.41, 5.74) is 0. The van der Waals surface area contributed by atoms with Gasteiger partial charge >= 0.3 is 0 Å². The van der Waals surface area contributed by atoms with Gasteiger partial charge in [-0.25, -0.2) is 0 Å². The Kier molecular flexibility index (Phi) is 3.43. The topological polar surface area (TPSA) is 33.7 Å². The van der Waals surface area contributed by atoms with Crippen LogP contribution in [-0.2, 0) is 9.47 Å². The highest BCUT2D eigenvalue weighted by Gasteiger charge is 2.34. The molecule has 3 fully saturated rings. The van der Waals surface area contributed by atoms with Gasteiger partial charge < -0.3 is 14.8 Å². The molecule has 1 N–H and O–H groups in total. The molecule has 0 aromatic rings. The van der Waals surface area contributed by atoms with Crippen molar-refractivity contribution in [2.24, 2.45) is 0 Å². The quantitative estimate of drug-likeness (QED) is 0.760. The fourth-order valence-corrected chi connectivity index (χ4v) is 2.69. The lowest BCUT2D eigenvalue weighted by Crippen LogP contribution is -2.40. The normalized spacial score (nSPS) is 36.8. The number of rotatable bonds is 4. The molecule has 4 heteroatoms. The van der Waals surface area contributed by atoms with Crippen LogP contribution >= 0.6 is 0 Å². The van der Waals surface area contributed by atoms with Crippen molar-refractivity contribution in [1.29, 1.82) is 0 Å². The summed E-state index contributed by atoms with van der Waals surface area (Å²) in [7, 11) is 0. The number of likely N-dealkylation sites (tertiary alicyclic amines) is 1. The van der Waals surface area contributed by atoms with E-state index in [0.717, 1.165) is 25.6 Å². The molecule has 4 nitrogen and oxygen atoms in total. The Morgan fingerprint density at radius 3 is 2.88 bits per heavy atom. The molecule has 0 bridgehead atoms. The van der Waals surface area contributed by atoms with E-state index in [0.29, 0.717) is 18.9 Å². The van der Waals surface area contributed by atoms with Crippen molar-refractivity contribution in [2.75, 3.05) is 33.0 Å². The summed E-state index contributed by atoms with van der Waals surface area (Å²) in [4.78, 5) is 2.64. The van der Waals surface area contributed by atoms with Crippen molar-refractivity contribution >= 4 is 0 Å². The summed E-state index contributed by atoms with van der Waals surface area (Å²) >= 11 is 0. The molecule has 0 aromatic heterocycles.